The summed E-state index contributed by atoms with van der Waals surface area (Å²) >= 11 is 0. The molecule has 3 aromatic rings. The largest absolute Gasteiger partial charge is 0.493 e. The molecule has 0 aliphatic carbocycles. The van der Waals surface area contributed by atoms with Crippen LogP contribution in [0.1, 0.15) is 5.56 Å². The normalized spacial score (nSPS) is 11.2. The third-order valence-electron chi connectivity index (χ3n) is 3.85. The molecule has 0 aliphatic heterocycles. The smallest absolute Gasteiger partial charge is 0.416 e. The second-order valence-electron chi connectivity index (χ2n) is 5.77. The van der Waals surface area contributed by atoms with E-state index in [1.807, 2.05) is 0 Å². The Morgan fingerprint density at radius 3 is 2.36 bits per heavy atom. The molecule has 2 aromatic carbocycles. The molecular formula is C19H17F3N4O2. The van der Waals surface area contributed by atoms with Gasteiger partial charge in [0.25, 0.3) is 0 Å². The third kappa shape index (κ3) is 4.25. The van der Waals surface area contributed by atoms with Gasteiger partial charge in [-0.3, -0.25) is 0 Å². The summed E-state index contributed by atoms with van der Waals surface area (Å²) in [7, 11) is 3.02. The molecule has 0 amide bonds. The molecule has 0 aliphatic rings. The highest BCUT2D eigenvalue weighted by atomic mass is 19.4. The van der Waals surface area contributed by atoms with E-state index in [-0.39, 0.29) is 23.1 Å². The number of nitrogens with two attached hydrogens (primary N) is 1. The van der Waals surface area contributed by atoms with Crippen molar-refractivity contribution >= 4 is 17.3 Å². The van der Waals surface area contributed by atoms with Crippen molar-refractivity contribution in [1.29, 1.82) is 0 Å². The van der Waals surface area contributed by atoms with Gasteiger partial charge in [0.05, 0.1) is 19.8 Å². The lowest BCUT2D eigenvalue weighted by molar-refractivity contribution is -0.137. The summed E-state index contributed by atoms with van der Waals surface area (Å²) in [5.74, 6) is 1.73. The zero-order valence-electron chi connectivity index (χ0n) is 15.0. The quantitative estimate of drug-likeness (QED) is 0.667. The van der Waals surface area contributed by atoms with E-state index in [1.54, 1.807) is 18.2 Å². The van der Waals surface area contributed by atoms with Crippen molar-refractivity contribution < 1.29 is 22.6 Å². The second-order valence-corrected chi connectivity index (χ2v) is 5.77. The maximum atomic E-state index is 12.9. The first-order chi connectivity index (χ1) is 13.3. The molecule has 0 saturated heterocycles. The second kappa shape index (κ2) is 7.63. The Morgan fingerprint density at radius 2 is 1.68 bits per heavy atom. The van der Waals surface area contributed by atoms with E-state index in [1.165, 1.54) is 32.4 Å². The number of hydrogen-bond acceptors (Lipinski definition) is 6. The number of halogens is 3. The van der Waals surface area contributed by atoms with Crippen molar-refractivity contribution in [3.63, 3.8) is 0 Å². The number of nitrogens with zero attached hydrogens (tertiary/aromatic N) is 2. The van der Waals surface area contributed by atoms with E-state index >= 15 is 0 Å². The van der Waals surface area contributed by atoms with Gasteiger partial charge in [-0.1, -0.05) is 6.07 Å². The minimum atomic E-state index is -4.44. The number of anilines is 3. The molecule has 0 fully saturated rings. The summed E-state index contributed by atoms with van der Waals surface area (Å²) in [4.78, 5) is 8.53. The van der Waals surface area contributed by atoms with Crippen LogP contribution in [-0.2, 0) is 6.18 Å². The Balaban J connectivity index is 1.95. The van der Waals surface area contributed by atoms with E-state index in [9.17, 15) is 13.2 Å². The fourth-order valence-electron chi connectivity index (χ4n) is 2.56. The van der Waals surface area contributed by atoms with Crippen LogP contribution in [0.3, 0.4) is 0 Å². The average molecular weight is 390 g/mol. The first kappa shape index (κ1) is 19.3. The Kier molecular flexibility index (Phi) is 5.25. The summed E-state index contributed by atoms with van der Waals surface area (Å²) in [5, 5.41) is 2.83. The molecule has 146 valence electrons. The molecule has 0 radical (unpaired) electrons. The van der Waals surface area contributed by atoms with E-state index in [2.05, 4.69) is 15.3 Å². The lowest BCUT2D eigenvalue weighted by Crippen LogP contribution is -2.06. The van der Waals surface area contributed by atoms with E-state index in [0.29, 0.717) is 17.1 Å². The molecule has 28 heavy (non-hydrogen) atoms. The fraction of sp³-hybridized carbons (Fsp3) is 0.158. The topological polar surface area (TPSA) is 82.3 Å². The van der Waals surface area contributed by atoms with Crippen LogP contribution < -0.4 is 20.5 Å². The molecule has 1 heterocycles. The number of aromatic nitrogens is 2. The van der Waals surface area contributed by atoms with Crippen LogP contribution in [-0.4, -0.2) is 24.2 Å². The van der Waals surface area contributed by atoms with Gasteiger partial charge in [-0.05, 0) is 36.4 Å². The van der Waals surface area contributed by atoms with Crippen LogP contribution in [0.2, 0.25) is 0 Å². The number of ether oxygens (including phenoxy) is 2. The Bertz CT molecular complexity index is 993. The number of hydrogen-bond donors (Lipinski definition) is 2. The first-order valence-corrected chi connectivity index (χ1v) is 8.11. The molecule has 0 saturated carbocycles. The number of methoxy groups -OCH3 is 2. The number of nitrogens with one attached hydrogen (secondary N) is 1. The van der Waals surface area contributed by atoms with Crippen LogP contribution in [0, 0.1) is 0 Å². The van der Waals surface area contributed by atoms with Gasteiger partial charge < -0.3 is 20.5 Å². The summed E-state index contributed by atoms with van der Waals surface area (Å²) < 4.78 is 49.1. The molecule has 6 nitrogen and oxygen atoms in total. The van der Waals surface area contributed by atoms with Crippen molar-refractivity contribution in [2.45, 2.75) is 6.18 Å². The van der Waals surface area contributed by atoms with Crippen molar-refractivity contribution in [3.8, 4) is 22.9 Å². The predicted octanol–water partition coefficient (Wildman–Crippen LogP) is 4.51. The number of nitrogen functional groups attached to an aromatic ring is 1. The molecule has 1 aromatic heterocycles. The van der Waals surface area contributed by atoms with Crippen LogP contribution in [0.15, 0.2) is 48.5 Å². The fourth-order valence-corrected chi connectivity index (χ4v) is 2.56. The maximum absolute atomic E-state index is 12.9. The molecule has 0 unspecified atom stereocenters. The molecule has 3 rings (SSSR count). The highest BCUT2D eigenvalue weighted by Crippen LogP contribution is 2.33. The summed E-state index contributed by atoms with van der Waals surface area (Å²) in [5.41, 5.74) is 5.92. The third-order valence-corrected chi connectivity index (χ3v) is 3.85. The summed E-state index contributed by atoms with van der Waals surface area (Å²) in [6.07, 6.45) is -4.44. The van der Waals surface area contributed by atoms with E-state index in [4.69, 9.17) is 15.2 Å². The van der Waals surface area contributed by atoms with Gasteiger partial charge in [-0.15, -0.1) is 0 Å². The predicted molar refractivity (Wildman–Crippen MR) is 99.7 cm³/mol. The molecule has 0 atom stereocenters. The van der Waals surface area contributed by atoms with Crippen LogP contribution in [0.5, 0.6) is 11.5 Å². The number of alkyl halides is 3. The van der Waals surface area contributed by atoms with Gasteiger partial charge in [-0.2, -0.15) is 13.2 Å². The molecule has 9 heteroatoms. The molecule has 0 bridgehead atoms. The van der Waals surface area contributed by atoms with Crippen LogP contribution >= 0.6 is 0 Å². The summed E-state index contributed by atoms with van der Waals surface area (Å²) in [6, 6.07) is 11.3. The van der Waals surface area contributed by atoms with Crippen molar-refractivity contribution in [2.75, 3.05) is 25.3 Å². The highest BCUT2D eigenvalue weighted by molar-refractivity contribution is 5.67. The van der Waals surface area contributed by atoms with Crippen LogP contribution in [0.4, 0.5) is 30.5 Å². The standard InChI is InChI=1S/C19H17F3N4O2/c1-27-14-7-6-11(8-15(14)28-2)18-25-16(23)10-17(26-18)24-13-5-3-4-12(9-13)19(20,21)22/h3-10H,1-2H3,(H3,23,24,25,26). The van der Waals surface area contributed by atoms with Crippen molar-refractivity contribution in [1.82, 2.24) is 9.97 Å². The van der Waals surface area contributed by atoms with Gasteiger partial charge in [0.2, 0.25) is 0 Å². The van der Waals surface area contributed by atoms with E-state index < -0.39 is 11.7 Å². The SMILES string of the molecule is COc1ccc(-c2nc(N)cc(Nc3cccc(C(F)(F)F)c3)n2)cc1OC. The van der Waals surface area contributed by atoms with Gasteiger partial charge >= 0.3 is 6.18 Å². The summed E-state index contributed by atoms with van der Waals surface area (Å²) in [6.45, 7) is 0. The van der Waals surface area contributed by atoms with Crippen LogP contribution in [0.25, 0.3) is 11.4 Å². The van der Waals surface area contributed by atoms with Crippen molar-refractivity contribution in [3.05, 3.63) is 54.1 Å². The zero-order valence-corrected chi connectivity index (χ0v) is 15.0. The lowest BCUT2D eigenvalue weighted by Gasteiger charge is -2.12. The molecule has 0 spiro atoms. The lowest BCUT2D eigenvalue weighted by atomic mass is 10.2. The molecular weight excluding hydrogens is 373 g/mol. The first-order valence-electron chi connectivity index (χ1n) is 8.11. The zero-order chi connectivity index (χ0) is 20.3. The van der Waals surface area contributed by atoms with Crippen molar-refractivity contribution in [2.24, 2.45) is 0 Å². The van der Waals surface area contributed by atoms with Gasteiger partial charge in [0, 0.05) is 17.3 Å². The average Bonchev–Trinajstić information content (AvgIpc) is 2.66. The minimum absolute atomic E-state index is 0.161. The maximum Gasteiger partial charge on any atom is 0.416 e. The van der Waals surface area contributed by atoms with E-state index in [0.717, 1.165) is 12.1 Å². The highest BCUT2D eigenvalue weighted by Gasteiger charge is 2.30. The van der Waals surface area contributed by atoms with Gasteiger partial charge in [0.15, 0.2) is 17.3 Å². The number of benzene rings is 2. The monoisotopic (exact) mass is 390 g/mol. The molecule has 3 N–H and O–H groups in total. The van der Waals surface area contributed by atoms with Gasteiger partial charge in [0.1, 0.15) is 11.6 Å². The Hall–Kier alpha value is -3.49. The van der Waals surface area contributed by atoms with Gasteiger partial charge in [-0.25, -0.2) is 9.97 Å². The Labute approximate surface area is 159 Å². The number of rotatable bonds is 5. The Morgan fingerprint density at radius 1 is 0.929 bits per heavy atom. The minimum Gasteiger partial charge on any atom is -0.493 e.